The lowest BCUT2D eigenvalue weighted by atomic mass is 9.85. The highest BCUT2D eigenvalue weighted by atomic mass is 14.3. The average Bonchev–Trinajstić information content (AvgIpc) is 2.45. The number of benzene rings is 1. The molecule has 0 radical (unpaired) electrons. The SMILES string of the molecule is Cc1ccc2c(c1)C=C(C(C)(C)C)C2. The molecular weight excluding hydrogens is 168 g/mol. The van der Waals surface area contributed by atoms with Crippen molar-refractivity contribution in [1.29, 1.82) is 0 Å². The van der Waals surface area contributed by atoms with E-state index in [4.69, 9.17) is 0 Å². The summed E-state index contributed by atoms with van der Waals surface area (Å²) in [4.78, 5) is 0. The molecule has 0 amide bonds. The van der Waals surface area contributed by atoms with Crippen LogP contribution in [0.5, 0.6) is 0 Å². The molecule has 0 spiro atoms. The van der Waals surface area contributed by atoms with E-state index in [1.54, 1.807) is 5.57 Å². The summed E-state index contributed by atoms with van der Waals surface area (Å²) in [7, 11) is 0. The quantitative estimate of drug-likeness (QED) is 0.575. The Hall–Kier alpha value is -1.04. The molecule has 1 aliphatic rings. The van der Waals surface area contributed by atoms with Crippen molar-refractivity contribution in [3.63, 3.8) is 0 Å². The van der Waals surface area contributed by atoms with Crippen LogP contribution in [0.1, 0.15) is 37.5 Å². The van der Waals surface area contributed by atoms with Gasteiger partial charge in [0.2, 0.25) is 0 Å². The molecule has 0 heteroatoms. The number of hydrogen-bond donors (Lipinski definition) is 0. The van der Waals surface area contributed by atoms with Crippen LogP contribution >= 0.6 is 0 Å². The minimum Gasteiger partial charge on any atom is -0.0598 e. The van der Waals surface area contributed by atoms with E-state index in [2.05, 4.69) is 52.0 Å². The minimum absolute atomic E-state index is 0.312. The van der Waals surface area contributed by atoms with Gasteiger partial charge < -0.3 is 0 Å². The Balaban J connectivity index is 2.39. The summed E-state index contributed by atoms with van der Waals surface area (Å²) in [5, 5.41) is 0. The zero-order valence-electron chi connectivity index (χ0n) is 9.52. The third-order valence-corrected chi connectivity index (χ3v) is 2.98. The van der Waals surface area contributed by atoms with Gasteiger partial charge in [-0.05, 0) is 29.9 Å². The summed E-state index contributed by atoms with van der Waals surface area (Å²) in [5.41, 5.74) is 6.14. The monoisotopic (exact) mass is 186 g/mol. The standard InChI is InChI=1S/C14H18/c1-10-5-6-11-8-13(14(2,3)4)9-12(11)7-10/h5-7,9H,8H2,1-4H3. The van der Waals surface area contributed by atoms with Crippen LogP contribution in [0.25, 0.3) is 6.08 Å². The van der Waals surface area contributed by atoms with Crippen molar-refractivity contribution in [3.05, 3.63) is 40.5 Å². The molecule has 14 heavy (non-hydrogen) atoms. The predicted octanol–water partition coefficient (Wildman–Crippen LogP) is 3.98. The van der Waals surface area contributed by atoms with E-state index >= 15 is 0 Å². The van der Waals surface area contributed by atoms with Crippen molar-refractivity contribution >= 4 is 6.08 Å². The summed E-state index contributed by atoms with van der Waals surface area (Å²) in [6.45, 7) is 9.02. The molecule has 1 aromatic rings. The lowest BCUT2D eigenvalue weighted by molar-refractivity contribution is 0.498. The van der Waals surface area contributed by atoms with E-state index in [1.165, 1.54) is 16.7 Å². The van der Waals surface area contributed by atoms with Crippen LogP contribution in [-0.4, -0.2) is 0 Å². The Bertz CT molecular complexity index is 389. The fourth-order valence-electron chi connectivity index (χ4n) is 1.94. The molecule has 0 nitrogen and oxygen atoms in total. The average molecular weight is 186 g/mol. The highest BCUT2D eigenvalue weighted by Crippen LogP contribution is 2.36. The van der Waals surface area contributed by atoms with E-state index in [0.29, 0.717) is 5.41 Å². The normalized spacial score (nSPS) is 15.3. The Morgan fingerprint density at radius 2 is 1.86 bits per heavy atom. The molecule has 0 bridgehead atoms. The molecule has 0 aromatic heterocycles. The Labute approximate surface area is 86.7 Å². The number of rotatable bonds is 0. The largest absolute Gasteiger partial charge is 0.0598 e. The highest BCUT2D eigenvalue weighted by Gasteiger charge is 2.22. The van der Waals surface area contributed by atoms with Gasteiger partial charge in [-0.25, -0.2) is 0 Å². The van der Waals surface area contributed by atoms with Crippen molar-refractivity contribution < 1.29 is 0 Å². The molecule has 0 saturated heterocycles. The van der Waals surface area contributed by atoms with Crippen LogP contribution in [0.15, 0.2) is 23.8 Å². The summed E-state index contributed by atoms with van der Waals surface area (Å²) in [5.74, 6) is 0. The topological polar surface area (TPSA) is 0 Å². The van der Waals surface area contributed by atoms with Gasteiger partial charge in [-0.15, -0.1) is 0 Å². The fourth-order valence-corrected chi connectivity index (χ4v) is 1.94. The van der Waals surface area contributed by atoms with E-state index in [0.717, 1.165) is 6.42 Å². The minimum atomic E-state index is 0.312. The lowest BCUT2D eigenvalue weighted by Gasteiger charge is -2.19. The molecule has 2 rings (SSSR count). The van der Waals surface area contributed by atoms with Gasteiger partial charge in [-0.1, -0.05) is 56.2 Å². The summed E-state index contributed by atoms with van der Waals surface area (Å²) >= 11 is 0. The third kappa shape index (κ3) is 1.61. The molecule has 0 unspecified atom stereocenters. The zero-order chi connectivity index (χ0) is 10.3. The first-order valence-electron chi connectivity index (χ1n) is 5.27. The molecule has 74 valence electrons. The number of allylic oxidation sites excluding steroid dienone is 1. The fraction of sp³-hybridized carbons (Fsp3) is 0.429. The molecule has 0 atom stereocenters. The molecule has 0 heterocycles. The smallest absolute Gasteiger partial charge is 0.00526 e. The van der Waals surface area contributed by atoms with Gasteiger partial charge in [0.1, 0.15) is 0 Å². The van der Waals surface area contributed by atoms with Crippen LogP contribution in [0, 0.1) is 12.3 Å². The van der Waals surface area contributed by atoms with Crippen LogP contribution in [-0.2, 0) is 6.42 Å². The van der Waals surface area contributed by atoms with E-state index in [9.17, 15) is 0 Å². The molecule has 0 fully saturated rings. The molecule has 1 aliphatic carbocycles. The zero-order valence-corrected chi connectivity index (χ0v) is 9.52. The second kappa shape index (κ2) is 2.98. The predicted molar refractivity (Wildman–Crippen MR) is 62.3 cm³/mol. The van der Waals surface area contributed by atoms with Crippen LogP contribution < -0.4 is 0 Å². The van der Waals surface area contributed by atoms with Crippen molar-refractivity contribution in [2.24, 2.45) is 5.41 Å². The molecule has 0 N–H and O–H groups in total. The Morgan fingerprint density at radius 3 is 2.50 bits per heavy atom. The van der Waals surface area contributed by atoms with Gasteiger partial charge in [-0.2, -0.15) is 0 Å². The van der Waals surface area contributed by atoms with Gasteiger partial charge in [-0.3, -0.25) is 0 Å². The second-order valence-electron chi connectivity index (χ2n) is 5.30. The van der Waals surface area contributed by atoms with E-state index < -0.39 is 0 Å². The van der Waals surface area contributed by atoms with Crippen LogP contribution in [0.4, 0.5) is 0 Å². The molecule has 0 aliphatic heterocycles. The van der Waals surface area contributed by atoms with E-state index in [-0.39, 0.29) is 0 Å². The molecule has 1 aromatic carbocycles. The van der Waals surface area contributed by atoms with Crippen LogP contribution in [0.2, 0.25) is 0 Å². The van der Waals surface area contributed by atoms with Crippen molar-refractivity contribution in [2.45, 2.75) is 34.1 Å². The van der Waals surface area contributed by atoms with E-state index in [1.807, 2.05) is 0 Å². The number of fused-ring (bicyclic) bond motifs is 1. The first-order valence-corrected chi connectivity index (χ1v) is 5.27. The first-order chi connectivity index (χ1) is 6.47. The summed E-state index contributed by atoms with van der Waals surface area (Å²) in [6, 6.07) is 6.76. The number of hydrogen-bond acceptors (Lipinski definition) is 0. The summed E-state index contributed by atoms with van der Waals surface area (Å²) < 4.78 is 0. The maximum atomic E-state index is 2.36. The third-order valence-electron chi connectivity index (χ3n) is 2.98. The molecule has 0 saturated carbocycles. The maximum Gasteiger partial charge on any atom is -0.00526 e. The van der Waals surface area contributed by atoms with Gasteiger partial charge in [0.15, 0.2) is 0 Å². The van der Waals surface area contributed by atoms with Crippen LogP contribution in [0.3, 0.4) is 0 Å². The summed E-state index contributed by atoms with van der Waals surface area (Å²) in [6.07, 6.45) is 3.50. The number of aryl methyl sites for hydroxylation is 1. The van der Waals surface area contributed by atoms with Gasteiger partial charge >= 0.3 is 0 Å². The molecular formula is C14H18. The van der Waals surface area contributed by atoms with Crippen molar-refractivity contribution in [3.8, 4) is 0 Å². The van der Waals surface area contributed by atoms with Gasteiger partial charge in [0.05, 0.1) is 0 Å². The van der Waals surface area contributed by atoms with Gasteiger partial charge in [0, 0.05) is 0 Å². The highest BCUT2D eigenvalue weighted by molar-refractivity contribution is 5.65. The Morgan fingerprint density at radius 1 is 1.14 bits per heavy atom. The first kappa shape index (κ1) is 9.51. The van der Waals surface area contributed by atoms with Crippen molar-refractivity contribution in [1.82, 2.24) is 0 Å². The van der Waals surface area contributed by atoms with Crippen molar-refractivity contribution in [2.75, 3.05) is 0 Å². The second-order valence-corrected chi connectivity index (χ2v) is 5.30. The maximum absolute atomic E-state index is 2.36. The Kier molecular flexibility index (Phi) is 2.02. The lowest BCUT2D eigenvalue weighted by Crippen LogP contribution is -2.08. The van der Waals surface area contributed by atoms with Gasteiger partial charge in [0.25, 0.3) is 0 Å².